The fourth-order valence-electron chi connectivity index (χ4n) is 0.357. The van der Waals surface area contributed by atoms with E-state index < -0.39 is 0 Å². The van der Waals surface area contributed by atoms with Crippen molar-refractivity contribution < 1.29 is 0 Å². The molecule has 0 amide bonds. The third-order valence-electron chi connectivity index (χ3n) is 0.695. The summed E-state index contributed by atoms with van der Waals surface area (Å²) in [5, 5.41) is 7.66. The van der Waals surface area contributed by atoms with E-state index in [2.05, 4.69) is 10.2 Å². The number of hydrogen-bond acceptors (Lipinski definition) is 2. The van der Waals surface area contributed by atoms with E-state index in [0.717, 1.165) is 5.03 Å². The summed E-state index contributed by atoms with van der Waals surface area (Å²) in [6.45, 7) is 0. The lowest BCUT2D eigenvalue weighted by Gasteiger charge is -1.79. The van der Waals surface area contributed by atoms with Gasteiger partial charge in [-0.1, -0.05) is 0 Å². The van der Waals surface area contributed by atoms with Crippen molar-refractivity contribution >= 4 is 11.8 Å². The van der Waals surface area contributed by atoms with Gasteiger partial charge in [-0.3, -0.25) is 5.10 Å². The van der Waals surface area contributed by atoms with Crippen LogP contribution in [0.15, 0.2) is 17.3 Å². The molecule has 7 heavy (non-hydrogen) atoms. The van der Waals surface area contributed by atoms with Crippen LogP contribution in [0.25, 0.3) is 0 Å². The SMILES string of the molecule is CSc1ccn[nH]1. The monoisotopic (exact) mass is 114 g/mol. The van der Waals surface area contributed by atoms with Crippen molar-refractivity contribution in [3.05, 3.63) is 12.3 Å². The van der Waals surface area contributed by atoms with Gasteiger partial charge < -0.3 is 0 Å². The average Bonchev–Trinajstić information content (AvgIpc) is 2.14. The summed E-state index contributed by atoms with van der Waals surface area (Å²) in [6.07, 6.45) is 3.75. The Morgan fingerprint density at radius 2 is 2.71 bits per heavy atom. The Balaban J connectivity index is 2.76. The molecule has 1 heterocycles. The smallest absolute Gasteiger partial charge is 0.0904 e. The fourth-order valence-corrected chi connectivity index (χ4v) is 0.698. The van der Waals surface area contributed by atoms with E-state index in [0.29, 0.717) is 0 Å². The largest absolute Gasteiger partial charge is 0.272 e. The summed E-state index contributed by atoms with van der Waals surface area (Å²) >= 11 is 1.66. The first-order valence-corrected chi connectivity index (χ1v) is 3.19. The number of nitrogens with zero attached hydrogens (tertiary/aromatic N) is 1. The minimum atomic E-state index is 1.11. The summed E-state index contributed by atoms with van der Waals surface area (Å²) in [6, 6.07) is 1.94. The summed E-state index contributed by atoms with van der Waals surface area (Å²) in [5.74, 6) is 0. The number of H-pyrrole nitrogens is 1. The van der Waals surface area contributed by atoms with Crippen molar-refractivity contribution in [2.24, 2.45) is 0 Å². The van der Waals surface area contributed by atoms with E-state index in [1.165, 1.54) is 0 Å². The number of rotatable bonds is 1. The van der Waals surface area contributed by atoms with Crippen LogP contribution < -0.4 is 0 Å². The van der Waals surface area contributed by atoms with E-state index in [4.69, 9.17) is 0 Å². The van der Waals surface area contributed by atoms with Crippen LogP contribution in [0.3, 0.4) is 0 Å². The van der Waals surface area contributed by atoms with Gasteiger partial charge in [-0.25, -0.2) is 0 Å². The van der Waals surface area contributed by atoms with Crippen molar-refractivity contribution in [1.82, 2.24) is 10.2 Å². The fraction of sp³-hybridized carbons (Fsp3) is 0.250. The topological polar surface area (TPSA) is 28.7 Å². The Bertz CT molecular complexity index is 124. The van der Waals surface area contributed by atoms with E-state index in [1.807, 2.05) is 12.3 Å². The molecule has 2 nitrogen and oxygen atoms in total. The van der Waals surface area contributed by atoms with Gasteiger partial charge >= 0.3 is 0 Å². The second-order valence-corrected chi connectivity index (χ2v) is 1.97. The molecule has 1 aromatic rings. The third kappa shape index (κ3) is 0.962. The third-order valence-corrected chi connectivity index (χ3v) is 1.36. The minimum absolute atomic E-state index is 1.11. The Hall–Kier alpha value is -0.440. The molecule has 1 rings (SSSR count). The maximum absolute atomic E-state index is 3.75. The molecule has 0 bridgehead atoms. The summed E-state index contributed by atoms with van der Waals surface area (Å²) in [4.78, 5) is 0. The zero-order chi connectivity index (χ0) is 5.11. The van der Waals surface area contributed by atoms with Crippen LogP contribution >= 0.6 is 11.8 Å². The average molecular weight is 114 g/mol. The van der Waals surface area contributed by atoms with Gasteiger partial charge in [0.05, 0.1) is 5.03 Å². The molecule has 0 unspecified atom stereocenters. The lowest BCUT2D eigenvalue weighted by Crippen LogP contribution is -1.65. The quantitative estimate of drug-likeness (QED) is 0.554. The van der Waals surface area contributed by atoms with Crippen LogP contribution in [0.1, 0.15) is 0 Å². The molecule has 0 aromatic carbocycles. The molecular formula is C4H6N2S. The first-order chi connectivity index (χ1) is 3.43. The van der Waals surface area contributed by atoms with Crippen molar-refractivity contribution in [3.63, 3.8) is 0 Å². The molecule has 0 aliphatic carbocycles. The lowest BCUT2D eigenvalue weighted by atomic mass is 10.8. The highest BCUT2D eigenvalue weighted by atomic mass is 32.2. The first kappa shape index (κ1) is 4.71. The van der Waals surface area contributed by atoms with Gasteiger partial charge in [0.15, 0.2) is 0 Å². The lowest BCUT2D eigenvalue weighted by molar-refractivity contribution is 1.01. The molecule has 3 heteroatoms. The van der Waals surface area contributed by atoms with Crippen molar-refractivity contribution in [2.45, 2.75) is 5.03 Å². The number of hydrogen-bond donors (Lipinski definition) is 1. The van der Waals surface area contributed by atoms with E-state index in [1.54, 1.807) is 18.0 Å². The van der Waals surface area contributed by atoms with Gasteiger partial charge in [0.2, 0.25) is 0 Å². The Morgan fingerprint density at radius 3 is 3.00 bits per heavy atom. The summed E-state index contributed by atoms with van der Waals surface area (Å²) < 4.78 is 0. The standard InChI is InChI=1S/C4H6N2S/c1-7-4-2-3-5-6-4/h2-3H,1H3,(H,5,6). The summed E-state index contributed by atoms with van der Waals surface area (Å²) in [5.41, 5.74) is 0. The number of aromatic nitrogens is 2. The van der Waals surface area contributed by atoms with Gasteiger partial charge in [0.1, 0.15) is 0 Å². The van der Waals surface area contributed by atoms with E-state index >= 15 is 0 Å². The maximum Gasteiger partial charge on any atom is 0.0904 e. The number of nitrogens with one attached hydrogen (secondary N) is 1. The van der Waals surface area contributed by atoms with Gasteiger partial charge in [-0.05, 0) is 12.3 Å². The molecule has 38 valence electrons. The highest BCUT2D eigenvalue weighted by Crippen LogP contribution is 2.06. The Morgan fingerprint density at radius 1 is 1.86 bits per heavy atom. The predicted octanol–water partition coefficient (Wildman–Crippen LogP) is 1.13. The normalized spacial score (nSPS) is 9.29. The number of thioether (sulfide) groups is 1. The highest BCUT2D eigenvalue weighted by Gasteiger charge is 1.82. The molecular weight excluding hydrogens is 108 g/mol. The predicted molar refractivity (Wildman–Crippen MR) is 30.4 cm³/mol. The molecule has 0 fully saturated rings. The highest BCUT2D eigenvalue weighted by molar-refractivity contribution is 7.98. The molecule has 0 saturated carbocycles. The summed E-state index contributed by atoms with van der Waals surface area (Å²) in [7, 11) is 0. The van der Waals surface area contributed by atoms with E-state index in [-0.39, 0.29) is 0 Å². The zero-order valence-electron chi connectivity index (χ0n) is 4.01. The minimum Gasteiger partial charge on any atom is -0.272 e. The van der Waals surface area contributed by atoms with E-state index in [9.17, 15) is 0 Å². The maximum atomic E-state index is 3.75. The van der Waals surface area contributed by atoms with Gasteiger partial charge in [-0.15, -0.1) is 11.8 Å². The first-order valence-electron chi connectivity index (χ1n) is 1.97. The molecule has 0 atom stereocenters. The van der Waals surface area contributed by atoms with Crippen LogP contribution in [-0.4, -0.2) is 16.5 Å². The molecule has 0 saturated heterocycles. The van der Waals surface area contributed by atoms with Crippen LogP contribution in [0.2, 0.25) is 0 Å². The zero-order valence-corrected chi connectivity index (χ0v) is 4.83. The molecule has 1 aromatic heterocycles. The van der Waals surface area contributed by atoms with Crippen molar-refractivity contribution in [3.8, 4) is 0 Å². The van der Waals surface area contributed by atoms with Crippen LogP contribution in [0.4, 0.5) is 0 Å². The molecule has 0 radical (unpaired) electrons. The molecule has 0 aliphatic rings. The Kier molecular flexibility index (Phi) is 1.36. The second kappa shape index (κ2) is 2.02. The van der Waals surface area contributed by atoms with Gasteiger partial charge in [0, 0.05) is 6.20 Å². The van der Waals surface area contributed by atoms with Crippen LogP contribution in [0.5, 0.6) is 0 Å². The van der Waals surface area contributed by atoms with Crippen LogP contribution in [0, 0.1) is 0 Å². The Labute approximate surface area is 46.3 Å². The second-order valence-electron chi connectivity index (χ2n) is 1.13. The molecule has 1 N–H and O–H groups in total. The molecule has 0 aliphatic heterocycles. The molecule has 0 spiro atoms. The van der Waals surface area contributed by atoms with Crippen molar-refractivity contribution in [1.29, 1.82) is 0 Å². The van der Waals surface area contributed by atoms with Crippen molar-refractivity contribution in [2.75, 3.05) is 6.26 Å². The number of aromatic amines is 1. The van der Waals surface area contributed by atoms with Gasteiger partial charge in [-0.2, -0.15) is 5.10 Å². The van der Waals surface area contributed by atoms with Gasteiger partial charge in [0.25, 0.3) is 0 Å². The van der Waals surface area contributed by atoms with Crippen LogP contribution in [-0.2, 0) is 0 Å².